The summed E-state index contributed by atoms with van der Waals surface area (Å²) in [5.41, 5.74) is 10.5. The fraction of sp³-hybridized carbons (Fsp3) is 0.0870. The standard InChI is InChI=1S/C46H31F3/c1-45(2)40-19-8-7-16-37(40)44-38(18-10-20-41(44)45)43-35-15-6-5-14-34(35)42(29-21-24-31(25-22-29)46(47,48)49)36-26-23-30(27-39(36)43)33-17-9-12-28-11-3-4-13-32(28)33/h3-27H,1-2H3. The second kappa shape index (κ2) is 10.7. The number of rotatable bonds is 3. The maximum Gasteiger partial charge on any atom is 0.416 e. The van der Waals surface area contributed by atoms with Gasteiger partial charge in [0.1, 0.15) is 0 Å². The van der Waals surface area contributed by atoms with Gasteiger partial charge >= 0.3 is 6.18 Å². The maximum absolute atomic E-state index is 13.7. The normalized spacial score (nSPS) is 13.6. The van der Waals surface area contributed by atoms with Crippen LogP contribution in [0.5, 0.6) is 0 Å². The van der Waals surface area contributed by atoms with Crippen molar-refractivity contribution in [3.05, 3.63) is 168 Å². The van der Waals surface area contributed by atoms with Gasteiger partial charge in [-0.25, -0.2) is 0 Å². The van der Waals surface area contributed by atoms with Crippen LogP contribution in [0.1, 0.15) is 30.5 Å². The molecule has 0 aromatic heterocycles. The van der Waals surface area contributed by atoms with E-state index in [1.807, 2.05) is 6.07 Å². The molecule has 0 bridgehead atoms. The van der Waals surface area contributed by atoms with E-state index in [-0.39, 0.29) is 5.41 Å². The van der Waals surface area contributed by atoms with Crippen molar-refractivity contribution in [2.75, 3.05) is 0 Å². The molecule has 0 unspecified atom stereocenters. The van der Waals surface area contributed by atoms with E-state index in [0.29, 0.717) is 0 Å². The summed E-state index contributed by atoms with van der Waals surface area (Å²) in [4.78, 5) is 0. The molecule has 0 atom stereocenters. The van der Waals surface area contributed by atoms with Crippen LogP contribution in [0, 0.1) is 0 Å². The van der Waals surface area contributed by atoms with E-state index in [4.69, 9.17) is 0 Å². The molecule has 0 heterocycles. The molecule has 0 aliphatic heterocycles. The minimum Gasteiger partial charge on any atom is -0.166 e. The molecule has 0 N–H and O–H groups in total. The Kier molecular flexibility index (Phi) is 6.42. The molecule has 8 aromatic carbocycles. The molecular weight excluding hydrogens is 610 g/mol. The zero-order chi connectivity index (χ0) is 33.5. The Labute approximate surface area is 283 Å². The maximum atomic E-state index is 13.7. The zero-order valence-corrected chi connectivity index (χ0v) is 27.1. The first-order valence-corrected chi connectivity index (χ1v) is 16.6. The average molecular weight is 641 g/mol. The van der Waals surface area contributed by atoms with E-state index in [1.165, 1.54) is 45.2 Å². The lowest BCUT2D eigenvalue weighted by molar-refractivity contribution is -0.137. The minimum atomic E-state index is -4.41. The second-order valence-corrected chi connectivity index (χ2v) is 13.6. The van der Waals surface area contributed by atoms with Crippen LogP contribution in [0.15, 0.2) is 152 Å². The fourth-order valence-electron chi connectivity index (χ4n) is 8.21. The Bertz CT molecular complexity index is 2600. The van der Waals surface area contributed by atoms with Crippen LogP contribution >= 0.6 is 0 Å². The van der Waals surface area contributed by atoms with Crippen molar-refractivity contribution < 1.29 is 13.2 Å². The number of hydrogen-bond donors (Lipinski definition) is 0. The molecule has 0 radical (unpaired) electrons. The van der Waals surface area contributed by atoms with Crippen LogP contribution in [0.2, 0.25) is 0 Å². The third-order valence-electron chi connectivity index (χ3n) is 10.5. The predicted octanol–water partition coefficient (Wildman–Crippen LogP) is 13.5. The molecule has 0 saturated heterocycles. The average Bonchev–Trinajstić information content (AvgIpc) is 3.36. The molecule has 0 spiro atoms. The van der Waals surface area contributed by atoms with Gasteiger partial charge in [-0.05, 0) is 106 Å². The summed E-state index contributed by atoms with van der Waals surface area (Å²) in [6.45, 7) is 4.59. The molecule has 0 nitrogen and oxygen atoms in total. The van der Waals surface area contributed by atoms with E-state index in [2.05, 4.69) is 135 Å². The van der Waals surface area contributed by atoms with Crippen LogP contribution in [0.25, 0.3) is 76.8 Å². The van der Waals surface area contributed by atoms with Crippen molar-refractivity contribution in [2.45, 2.75) is 25.4 Å². The van der Waals surface area contributed by atoms with Gasteiger partial charge in [-0.15, -0.1) is 0 Å². The summed E-state index contributed by atoms with van der Waals surface area (Å²) in [5, 5.41) is 6.48. The summed E-state index contributed by atoms with van der Waals surface area (Å²) in [7, 11) is 0. The molecular formula is C46H31F3. The van der Waals surface area contributed by atoms with Crippen LogP contribution in [-0.4, -0.2) is 0 Å². The summed E-state index contributed by atoms with van der Waals surface area (Å²) < 4.78 is 41.0. The highest BCUT2D eigenvalue weighted by Crippen LogP contribution is 2.54. The van der Waals surface area contributed by atoms with Gasteiger partial charge in [0.2, 0.25) is 0 Å². The number of halogens is 3. The Morgan fingerprint density at radius 2 is 0.959 bits per heavy atom. The summed E-state index contributed by atoms with van der Waals surface area (Å²) in [5.74, 6) is 0. The van der Waals surface area contributed by atoms with Gasteiger partial charge in [0.25, 0.3) is 0 Å². The Morgan fingerprint density at radius 1 is 0.408 bits per heavy atom. The van der Waals surface area contributed by atoms with Gasteiger partial charge in [-0.1, -0.05) is 147 Å². The van der Waals surface area contributed by atoms with Crippen molar-refractivity contribution in [3.63, 3.8) is 0 Å². The van der Waals surface area contributed by atoms with Gasteiger partial charge in [0, 0.05) is 5.41 Å². The number of alkyl halides is 3. The summed E-state index contributed by atoms with van der Waals surface area (Å²) in [6, 6.07) is 50.7. The van der Waals surface area contributed by atoms with Crippen LogP contribution < -0.4 is 0 Å². The number of benzene rings is 8. The van der Waals surface area contributed by atoms with Crippen molar-refractivity contribution >= 4 is 32.3 Å². The van der Waals surface area contributed by atoms with E-state index in [9.17, 15) is 13.2 Å². The van der Waals surface area contributed by atoms with Crippen molar-refractivity contribution in [1.82, 2.24) is 0 Å². The third kappa shape index (κ3) is 4.45. The third-order valence-corrected chi connectivity index (χ3v) is 10.5. The highest BCUT2D eigenvalue weighted by Gasteiger charge is 2.37. The van der Waals surface area contributed by atoms with Crippen molar-refractivity contribution in [2.24, 2.45) is 0 Å². The first-order chi connectivity index (χ1) is 23.7. The Morgan fingerprint density at radius 3 is 1.73 bits per heavy atom. The second-order valence-electron chi connectivity index (χ2n) is 13.6. The highest BCUT2D eigenvalue weighted by atomic mass is 19.4. The quantitative estimate of drug-likeness (QED) is 0.169. The molecule has 0 fully saturated rings. The van der Waals surface area contributed by atoms with Gasteiger partial charge in [-0.2, -0.15) is 13.2 Å². The van der Waals surface area contributed by atoms with Crippen molar-refractivity contribution in [1.29, 1.82) is 0 Å². The zero-order valence-electron chi connectivity index (χ0n) is 27.1. The monoisotopic (exact) mass is 640 g/mol. The highest BCUT2D eigenvalue weighted by molar-refractivity contribution is 6.23. The van der Waals surface area contributed by atoms with Crippen LogP contribution in [0.4, 0.5) is 13.2 Å². The topological polar surface area (TPSA) is 0 Å². The first-order valence-electron chi connectivity index (χ1n) is 16.6. The molecule has 3 heteroatoms. The van der Waals surface area contributed by atoms with E-state index in [1.54, 1.807) is 12.1 Å². The molecule has 49 heavy (non-hydrogen) atoms. The molecule has 9 rings (SSSR count). The molecule has 1 aliphatic rings. The molecule has 0 amide bonds. The molecule has 8 aromatic rings. The Balaban J connectivity index is 1.42. The van der Waals surface area contributed by atoms with E-state index < -0.39 is 11.7 Å². The van der Waals surface area contributed by atoms with Gasteiger partial charge < -0.3 is 0 Å². The SMILES string of the molecule is CC1(C)c2ccccc2-c2c(-c3c4ccccc4c(-c4ccc(C(F)(F)F)cc4)c4ccc(-c5cccc6ccccc56)cc34)cccc21. The fourth-order valence-corrected chi connectivity index (χ4v) is 8.21. The number of hydrogen-bond acceptors (Lipinski definition) is 0. The predicted molar refractivity (Wildman–Crippen MR) is 198 cm³/mol. The molecule has 0 saturated carbocycles. The summed E-state index contributed by atoms with van der Waals surface area (Å²) in [6.07, 6.45) is -4.41. The Hall–Kier alpha value is -5.67. The van der Waals surface area contributed by atoms with Crippen LogP contribution in [-0.2, 0) is 11.6 Å². The van der Waals surface area contributed by atoms with E-state index >= 15 is 0 Å². The molecule has 236 valence electrons. The smallest absolute Gasteiger partial charge is 0.166 e. The lowest BCUT2D eigenvalue weighted by Crippen LogP contribution is -2.14. The summed E-state index contributed by atoms with van der Waals surface area (Å²) >= 11 is 0. The van der Waals surface area contributed by atoms with E-state index in [0.717, 1.165) is 54.9 Å². The number of fused-ring (bicyclic) bond motifs is 6. The first kappa shape index (κ1) is 29.5. The van der Waals surface area contributed by atoms with Gasteiger partial charge in [0.05, 0.1) is 5.56 Å². The minimum absolute atomic E-state index is 0.165. The van der Waals surface area contributed by atoms with Gasteiger partial charge in [0.15, 0.2) is 0 Å². The lowest BCUT2D eigenvalue weighted by atomic mass is 9.80. The van der Waals surface area contributed by atoms with Gasteiger partial charge in [-0.3, -0.25) is 0 Å². The van der Waals surface area contributed by atoms with Crippen LogP contribution in [0.3, 0.4) is 0 Å². The molecule has 1 aliphatic carbocycles. The largest absolute Gasteiger partial charge is 0.416 e. The van der Waals surface area contributed by atoms with Crippen molar-refractivity contribution in [3.8, 4) is 44.5 Å². The lowest BCUT2D eigenvalue weighted by Gasteiger charge is -2.23.